The van der Waals surface area contributed by atoms with Crippen LogP contribution in [0.15, 0.2) is 42.5 Å². The molecule has 1 aliphatic rings. The predicted molar refractivity (Wildman–Crippen MR) is 116 cm³/mol. The first-order valence-electron chi connectivity index (χ1n) is 9.30. The van der Waals surface area contributed by atoms with Crippen LogP contribution in [0.4, 0.5) is 15.8 Å². The van der Waals surface area contributed by atoms with Crippen LogP contribution in [0.3, 0.4) is 0 Å². The third-order valence-electron chi connectivity index (χ3n) is 5.07. The van der Waals surface area contributed by atoms with E-state index in [1.165, 1.54) is 30.7 Å². The largest absolute Gasteiger partial charge is 0.372 e. The summed E-state index contributed by atoms with van der Waals surface area (Å²) in [5.74, 6) is 0.381. The number of hydrogen-bond donors (Lipinski definition) is 2. The van der Waals surface area contributed by atoms with E-state index < -0.39 is 5.82 Å². The molecular formula is C21H25ClFN3S. The van der Waals surface area contributed by atoms with Gasteiger partial charge < -0.3 is 15.5 Å². The fraction of sp³-hybridized carbons (Fsp3) is 0.381. The first-order valence-corrected chi connectivity index (χ1v) is 10.1. The zero-order valence-corrected chi connectivity index (χ0v) is 17.2. The maximum Gasteiger partial charge on any atom is 0.171 e. The van der Waals surface area contributed by atoms with E-state index in [0.29, 0.717) is 10.8 Å². The Balaban J connectivity index is 1.56. The number of thiocarbonyl (C=S) groups is 1. The maximum atomic E-state index is 13.2. The molecule has 3 rings (SSSR count). The van der Waals surface area contributed by atoms with E-state index in [0.717, 1.165) is 24.6 Å². The average molecular weight is 406 g/mol. The van der Waals surface area contributed by atoms with E-state index in [1.54, 1.807) is 6.07 Å². The molecule has 0 spiro atoms. The van der Waals surface area contributed by atoms with Crippen LogP contribution in [0.5, 0.6) is 0 Å². The molecule has 144 valence electrons. The molecule has 0 amide bonds. The molecule has 1 heterocycles. The third-order valence-corrected chi connectivity index (χ3v) is 5.58. The normalized spacial score (nSPS) is 16.1. The number of hydrogen-bond acceptors (Lipinski definition) is 2. The Bertz CT molecular complexity index is 789. The van der Waals surface area contributed by atoms with Crippen LogP contribution >= 0.6 is 23.8 Å². The van der Waals surface area contributed by atoms with Gasteiger partial charge in [-0.1, -0.05) is 30.7 Å². The molecule has 6 heteroatoms. The quantitative estimate of drug-likeness (QED) is 0.632. The lowest BCUT2D eigenvalue weighted by molar-refractivity contribution is 0.438. The number of halogens is 2. The highest BCUT2D eigenvalue weighted by molar-refractivity contribution is 7.80. The van der Waals surface area contributed by atoms with Crippen molar-refractivity contribution in [3.63, 3.8) is 0 Å². The molecule has 0 aromatic heterocycles. The summed E-state index contributed by atoms with van der Waals surface area (Å²) in [4.78, 5) is 2.45. The van der Waals surface area contributed by atoms with Gasteiger partial charge in [-0.3, -0.25) is 0 Å². The second-order valence-electron chi connectivity index (χ2n) is 7.21. The summed E-state index contributed by atoms with van der Waals surface area (Å²) in [7, 11) is 0. The van der Waals surface area contributed by atoms with E-state index in [-0.39, 0.29) is 11.1 Å². The second-order valence-corrected chi connectivity index (χ2v) is 8.03. The van der Waals surface area contributed by atoms with E-state index in [9.17, 15) is 4.39 Å². The number of nitrogens with zero attached hydrogens (tertiary/aromatic N) is 1. The minimum absolute atomic E-state index is 0.0522. The molecule has 0 radical (unpaired) electrons. The molecule has 0 aliphatic carbocycles. The summed E-state index contributed by atoms with van der Waals surface area (Å²) in [6.45, 7) is 6.64. The highest BCUT2D eigenvalue weighted by Crippen LogP contribution is 2.25. The van der Waals surface area contributed by atoms with Gasteiger partial charge in [-0.05, 0) is 73.8 Å². The van der Waals surface area contributed by atoms with E-state index in [1.807, 2.05) is 0 Å². The Kier molecular flexibility index (Phi) is 6.55. The van der Waals surface area contributed by atoms with Gasteiger partial charge in [-0.15, -0.1) is 0 Å². The number of anilines is 2. The van der Waals surface area contributed by atoms with Crippen LogP contribution in [0.1, 0.15) is 38.3 Å². The van der Waals surface area contributed by atoms with Crippen molar-refractivity contribution in [1.29, 1.82) is 0 Å². The molecule has 0 bridgehead atoms. The van der Waals surface area contributed by atoms with Crippen LogP contribution in [0.25, 0.3) is 0 Å². The van der Waals surface area contributed by atoms with Crippen molar-refractivity contribution in [3.05, 3.63) is 58.9 Å². The van der Waals surface area contributed by atoms with Crippen molar-refractivity contribution in [2.75, 3.05) is 23.3 Å². The number of benzene rings is 2. The Morgan fingerprint density at radius 1 is 1.19 bits per heavy atom. The monoisotopic (exact) mass is 405 g/mol. The van der Waals surface area contributed by atoms with E-state index >= 15 is 0 Å². The lowest BCUT2D eigenvalue weighted by Gasteiger charge is -2.32. The number of piperidine rings is 1. The number of nitrogens with one attached hydrogen (secondary N) is 2. The molecular weight excluding hydrogens is 381 g/mol. The second kappa shape index (κ2) is 8.89. The van der Waals surface area contributed by atoms with Crippen molar-refractivity contribution >= 4 is 40.3 Å². The van der Waals surface area contributed by atoms with Crippen LogP contribution < -0.4 is 15.5 Å². The molecule has 1 aliphatic heterocycles. The summed E-state index contributed by atoms with van der Waals surface area (Å²) < 4.78 is 13.2. The summed E-state index contributed by atoms with van der Waals surface area (Å²) in [5.41, 5.74) is 3.09. The average Bonchev–Trinajstić information content (AvgIpc) is 2.65. The smallest absolute Gasteiger partial charge is 0.171 e. The van der Waals surface area contributed by atoms with Gasteiger partial charge in [0.1, 0.15) is 5.82 Å². The molecule has 1 atom stereocenters. The first-order chi connectivity index (χ1) is 12.9. The zero-order chi connectivity index (χ0) is 19.4. The van der Waals surface area contributed by atoms with E-state index in [2.05, 4.69) is 53.6 Å². The fourth-order valence-electron chi connectivity index (χ4n) is 3.26. The van der Waals surface area contributed by atoms with Crippen LogP contribution in [-0.4, -0.2) is 18.2 Å². The Morgan fingerprint density at radius 3 is 2.48 bits per heavy atom. The molecule has 0 saturated carbocycles. The van der Waals surface area contributed by atoms with Crippen molar-refractivity contribution in [2.45, 2.75) is 32.7 Å². The molecule has 1 fully saturated rings. The molecule has 27 heavy (non-hydrogen) atoms. The third kappa shape index (κ3) is 5.33. The van der Waals surface area contributed by atoms with Gasteiger partial charge in [-0.2, -0.15) is 0 Å². The van der Waals surface area contributed by atoms with Gasteiger partial charge in [0.05, 0.1) is 11.1 Å². The lowest BCUT2D eigenvalue weighted by atomic mass is 9.98. The molecule has 3 nitrogen and oxygen atoms in total. The first kappa shape index (κ1) is 19.9. The molecule has 2 N–H and O–H groups in total. The highest BCUT2D eigenvalue weighted by Gasteiger charge is 2.16. The van der Waals surface area contributed by atoms with Crippen molar-refractivity contribution in [3.8, 4) is 0 Å². The van der Waals surface area contributed by atoms with Gasteiger partial charge >= 0.3 is 0 Å². The van der Waals surface area contributed by atoms with Crippen molar-refractivity contribution < 1.29 is 4.39 Å². The fourth-order valence-corrected chi connectivity index (χ4v) is 3.74. The van der Waals surface area contributed by atoms with Crippen molar-refractivity contribution in [2.24, 2.45) is 5.92 Å². The van der Waals surface area contributed by atoms with Crippen molar-refractivity contribution in [1.82, 2.24) is 5.32 Å². The zero-order valence-electron chi connectivity index (χ0n) is 15.6. The Labute approximate surface area is 170 Å². The standard InChI is InChI=1S/C21H25ClFN3S/c1-14-9-11-26(12-10-14)18-6-3-16(4-7-18)15(2)24-21(27)25-17-5-8-20(23)19(22)13-17/h3-8,13-15H,9-12H2,1-2H3,(H2,24,25,27)/t15-/m1/s1. The van der Waals surface area contributed by atoms with Gasteiger partial charge in [-0.25, -0.2) is 4.39 Å². The van der Waals surface area contributed by atoms with E-state index in [4.69, 9.17) is 23.8 Å². The van der Waals surface area contributed by atoms with Gasteiger partial charge in [0, 0.05) is 24.5 Å². The summed E-state index contributed by atoms with van der Waals surface area (Å²) in [6, 6.07) is 13.1. The maximum absolute atomic E-state index is 13.2. The molecule has 2 aromatic carbocycles. The predicted octanol–water partition coefficient (Wildman–Crippen LogP) is 5.76. The SMILES string of the molecule is CC1CCN(c2ccc([C@@H](C)NC(=S)Nc3ccc(F)c(Cl)c3)cc2)CC1. The summed E-state index contributed by atoms with van der Waals surface area (Å²) in [5, 5.41) is 6.83. The summed E-state index contributed by atoms with van der Waals surface area (Å²) in [6.07, 6.45) is 2.51. The van der Waals surface area contributed by atoms with Crippen LogP contribution in [0.2, 0.25) is 5.02 Å². The molecule has 1 saturated heterocycles. The number of rotatable bonds is 4. The Morgan fingerprint density at radius 2 is 1.85 bits per heavy atom. The van der Waals surface area contributed by atoms with Crippen LogP contribution in [-0.2, 0) is 0 Å². The highest BCUT2D eigenvalue weighted by atomic mass is 35.5. The van der Waals surface area contributed by atoms with Gasteiger partial charge in [0.2, 0.25) is 0 Å². The topological polar surface area (TPSA) is 27.3 Å². The minimum atomic E-state index is -0.447. The summed E-state index contributed by atoms with van der Waals surface area (Å²) >= 11 is 11.2. The Hall–Kier alpha value is -1.85. The van der Waals surface area contributed by atoms with Crippen LogP contribution in [0, 0.1) is 11.7 Å². The minimum Gasteiger partial charge on any atom is -0.372 e. The molecule has 2 aromatic rings. The van der Waals surface area contributed by atoms with Gasteiger partial charge in [0.25, 0.3) is 0 Å². The van der Waals surface area contributed by atoms with Gasteiger partial charge in [0.15, 0.2) is 5.11 Å². The molecule has 0 unspecified atom stereocenters. The lowest BCUT2D eigenvalue weighted by Crippen LogP contribution is -2.33.